The van der Waals surface area contributed by atoms with Crippen LogP contribution in [0.4, 0.5) is 16.6 Å². The van der Waals surface area contributed by atoms with Crippen LogP contribution in [0.3, 0.4) is 0 Å². The number of carbonyl (C=O) groups is 1. The third-order valence-corrected chi connectivity index (χ3v) is 6.31. The number of halogens is 1. The van der Waals surface area contributed by atoms with E-state index >= 15 is 0 Å². The van der Waals surface area contributed by atoms with Crippen molar-refractivity contribution in [3.63, 3.8) is 0 Å². The molecular formula is C22H27ClN6O2S. The maximum absolute atomic E-state index is 12.5. The quantitative estimate of drug-likeness (QED) is 0.532. The Balaban J connectivity index is 1.55. The van der Waals surface area contributed by atoms with E-state index in [-0.39, 0.29) is 12.1 Å². The van der Waals surface area contributed by atoms with E-state index in [0.717, 1.165) is 23.9 Å². The minimum Gasteiger partial charge on any atom is -0.444 e. The molecular weight excluding hydrogens is 448 g/mol. The summed E-state index contributed by atoms with van der Waals surface area (Å²) in [6.45, 7) is 7.64. The minimum absolute atomic E-state index is 0.0232. The highest BCUT2D eigenvalue weighted by Gasteiger charge is 2.32. The third-order valence-electron chi connectivity index (χ3n) is 5.22. The number of nitrogens with one attached hydrogen (secondary N) is 1. The molecule has 32 heavy (non-hydrogen) atoms. The smallest absolute Gasteiger partial charge is 0.410 e. The van der Waals surface area contributed by atoms with Crippen LogP contribution in [-0.2, 0) is 11.3 Å². The molecule has 4 rings (SSSR count). The highest BCUT2D eigenvalue weighted by atomic mass is 35.5. The van der Waals surface area contributed by atoms with Crippen LogP contribution in [0.25, 0.3) is 10.9 Å². The van der Waals surface area contributed by atoms with E-state index in [0.29, 0.717) is 30.0 Å². The summed E-state index contributed by atoms with van der Waals surface area (Å²) in [6, 6.07) is 5.90. The van der Waals surface area contributed by atoms with Crippen molar-refractivity contribution in [2.75, 3.05) is 30.4 Å². The minimum atomic E-state index is -0.525. The molecule has 1 unspecified atom stereocenters. The summed E-state index contributed by atoms with van der Waals surface area (Å²) in [5, 5.41) is 6.69. The highest BCUT2D eigenvalue weighted by Crippen LogP contribution is 2.28. The van der Waals surface area contributed by atoms with Crippen molar-refractivity contribution >= 4 is 51.7 Å². The number of likely N-dealkylation sites (N-methyl/N-ethyl adjacent to an activating group) is 1. The van der Waals surface area contributed by atoms with Gasteiger partial charge in [-0.3, -0.25) is 0 Å². The zero-order valence-corrected chi connectivity index (χ0v) is 20.2. The topological polar surface area (TPSA) is 83.5 Å². The first-order chi connectivity index (χ1) is 15.2. The van der Waals surface area contributed by atoms with Crippen molar-refractivity contribution in [2.45, 2.75) is 45.4 Å². The number of fused-ring (bicyclic) bond motifs is 1. The van der Waals surface area contributed by atoms with Gasteiger partial charge in [0.1, 0.15) is 16.6 Å². The monoisotopic (exact) mass is 474 g/mol. The summed E-state index contributed by atoms with van der Waals surface area (Å²) in [5.74, 6) is 1.32. The number of aromatic nitrogens is 3. The van der Waals surface area contributed by atoms with Gasteiger partial charge in [0.25, 0.3) is 0 Å². The van der Waals surface area contributed by atoms with E-state index in [1.54, 1.807) is 35.5 Å². The molecule has 0 aliphatic carbocycles. The van der Waals surface area contributed by atoms with Crippen LogP contribution in [-0.4, -0.2) is 57.7 Å². The number of rotatable bonds is 5. The Labute approximate surface area is 196 Å². The van der Waals surface area contributed by atoms with Crippen LogP contribution in [0.15, 0.2) is 29.8 Å². The number of anilines is 2. The Morgan fingerprint density at radius 2 is 2.22 bits per heavy atom. The maximum Gasteiger partial charge on any atom is 0.410 e. The predicted octanol–water partition coefficient (Wildman–Crippen LogP) is 4.80. The van der Waals surface area contributed by atoms with Gasteiger partial charge in [-0.2, -0.15) is 4.98 Å². The maximum atomic E-state index is 12.5. The van der Waals surface area contributed by atoms with Gasteiger partial charge in [0.2, 0.25) is 5.95 Å². The second kappa shape index (κ2) is 9.07. The number of hydrogen-bond acceptors (Lipinski definition) is 8. The molecule has 0 radical (unpaired) electrons. The summed E-state index contributed by atoms with van der Waals surface area (Å²) < 4.78 is 5.52. The van der Waals surface area contributed by atoms with Gasteiger partial charge in [0, 0.05) is 30.4 Å². The van der Waals surface area contributed by atoms with Crippen LogP contribution < -0.4 is 10.2 Å². The van der Waals surface area contributed by atoms with E-state index in [9.17, 15) is 4.79 Å². The lowest BCUT2D eigenvalue weighted by Gasteiger charge is -2.28. The summed E-state index contributed by atoms with van der Waals surface area (Å²) in [4.78, 5) is 31.2. The molecule has 1 aliphatic heterocycles. The molecule has 0 bridgehead atoms. The second-order valence-corrected chi connectivity index (χ2v) is 10.2. The lowest BCUT2D eigenvalue weighted by Crippen LogP contribution is -2.42. The molecule has 1 atom stereocenters. The summed E-state index contributed by atoms with van der Waals surface area (Å²) in [7, 11) is 1.78. The van der Waals surface area contributed by atoms with Gasteiger partial charge in [-0.05, 0) is 44.7 Å². The van der Waals surface area contributed by atoms with E-state index in [1.165, 1.54) is 4.88 Å². The van der Waals surface area contributed by atoms with E-state index in [4.69, 9.17) is 26.3 Å². The van der Waals surface area contributed by atoms with E-state index < -0.39 is 5.60 Å². The first-order valence-corrected chi connectivity index (χ1v) is 11.8. The van der Waals surface area contributed by atoms with Gasteiger partial charge < -0.3 is 19.9 Å². The van der Waals surface area contributed by atoms with Crippen LogP contribution >= 0.6 is 22.9 Å². The highest BCUT2D eigenvalue weighted by molar-refractivity contribution is 7.09. The molecule has 1 N–H and O–H groups in total. The van der Waals surface area contributed by atoms with Crippen molar-refractivity contribution in [3.8, 4) is 0 Å². The van der Waals surface area contributed by atoms with Gasteiger partial charge in [0.05, 0.1) is 24.3 Å². The summed E-state index contributed by atoms with van der Waals surface area (Å²) >= 11 is 7.82. The molecule has 1 aliphatic rings. The Bertz CT molecular complexity index is 1100. The first kappa shape index (κ1) is 22.5. The van der Waals surface area contributed by atoms with Crippen LogP contribution in [0.5, 0.6) is 0 Å². The fraction of sp³-hybridized carbons (Fsp3) is 0.455. The Hall–Kier alpha value is -2.65. The van der Waals surface area contributed by atoms with Crippen molar-refractivity contribution < 1.29 is 9.53 Å². The largest absolute Gasteiger partial charge is 0.444 e. The standard InChI is InChI=1S/C22H27ClN6O2S/c1-22(2,3)31-21(30)28(4)14-7-8-29(13-14)20-26-17-12-24-18(23)10-16(17)19(27-20)25-11-15-6-5-9-32-15/h5-6,9-10,12,14H,7-8,11,13H2,1-4H3,(H,25,26,27). The molecule has 1 amide bonds. The molecule has 1 fully saturated rings. The third kappa shape index (κ3) is 5.21. The zero-order chi connectivity index (χ0) is 22.9. The second-order valence-electron chi connectivity index (χ2n) is 8.81. The molecule has 10 heteroatoms. The predicted molar refractivity (Wildman–Crippen MR) is 129 cm³/mol. The van der Waals surface area contributed by atoms with Crippen molar-refractivity contribution in [1.29, 1.82) is 0 Å². The van der Waals surface area contributed by atoms with Crippen molar-refractivity contribution in [3.05, 3.63) is 39.8 Å². The molecule has 1 saturated heterocycles. The van der Waals surface area contributed by atoms with Gasteiger partial charge in [-0.15, -0.1) is 11.3 Å². The lowest BCUT2D eigenvalue weighted by molar-refractivity contribution is 0.0238. The van der Waals surface area contributed by atoms with Crippen molar-refractivity contribution in [2.24, 2.45) is 0 Å². The van der Waals surface area contributed by atoms with Gasteiger partial charge in [-0.1, -0.05) is 17.7 Å². The Kier molecular flexibility index (Phi) is 6.39. The van der Waals surface area contributed by atoms with Crippen LogP contribution in [0.2, 0.25) is 5.15 Å². The van der Waals surface area contributed by atoms with E-state index in [2.05, 4.69) is 21.3 Å². The number of nitrogens with zero attached hydrogens (tertiary/aromatic N) is 5. The van der Waals surface area contributed by atoms with E-state index in [1.807, 2.05) is 32.2 Å². The number of pyridine rings is 1. The number of ether oxygens (including phenoxy) is 1. The number of carbonyl (C=O) groups excluding carboxylic acids is 1. The molecule has 4 heterocycles. The lowest BCUT2D eigenvalue weighted by atomic mass is 10.2. The number of thiophene rings is 1. The summed E-state index contributed by atoms with van der Waals surface area (Å²) in [6.07, 6.45) is 2.16. The molecule has 0 saturated carbocycles. The SMILES string of the molecule is CN(C(=O)OC(C)(C)C)C1CCN(c2nc(NCc3cccs3)c3cc(Cl)ncc3n2)C1. The van der Waals surface area contributed by atoms with Gasteiger partial charge in [-0.25, -0.2) is 14.8 Å². The normalized spacial score (nSPS) is 16.4. The molecule has 0 spiro atoms. The van der Waals surface area contributed by atoms with Gasteiger partial charge >= 0.3 is 6.09 Å². The average Bonchev–Trinajstić information content (AvgIpc) is 3.42. The van der Waals surface area contributed by atoms with Crippen LogP contribution in [0, 0.1) is 0 Å². The summed E-state index contributed by atoms with van der Waals surface area (Å²) in [5.41, 5.74) is 0.194. The average molecular weight is 475 g/mol. The molecule has 8 nitrogen and oxygen atoms in total. The first-order valence-electron chi connectivity index (χ1n) is 10.5. The molecule has 3 aromatic heterocycles. The molecule has 3 aromatic rings. The fourth-order valence-electron chi connectivity index (χ4n) is 3.58. The fourth-order valence-corrected chi connectivity index (χ4v) is 4.38. The zero-order valence-electron chi connectivity index (χ0n) is 18.6. The number of amides is 1. The molecule has 170 valence electrons. The number of hydrogen-bond donors (Lipinski definition) is 1. The molecule has 0 aromatic carbocycles. The van der Waals surface area contributed by atoms with Crippen molar-refractivity contribution in [1.82, 2.24) is 19.9 Å². The Morgan fingerprint density at radius 3 is 2.94 bits per heavy atom. The van der Waals surface area contributed by atoms with Crippen LogP contribution in [0.1, 0.15) is 32.1 Å². The van der Waals surface area contributed by atoms with Gasteiger partial charge in [0.15, 0.2) is 0 Å². The Morgan fingerprint density at radius 1 is 1.41 bits per heavy atom.